The fraction of sp³-hybridized carbons (Fsp3) is 0.294. The van der Waals surface area contributed by atoms with Crippen LogP contribution in [-0.2, 0) is 10.9 Å². The van der Waals surface area contributed by atoms with Crippen LogP contribution in [0.4, 0.5) is 41.0 Å². The van der Waals surface area contributed by atoms with Gasteiger partial charge >= 0.3 is 18.0 Å². The molecule has 2 rings (SSSR count). The molecule has 0 radical (unpaired) electrons. The van der Waals surface area contributed by atoms with Crippen molar-refractivity contribution < 1.29 is 27.6 Å². The predicted octanol–water partition coefficient (Wildman–Crippen LogP) is 5.07. The van der Waals surface area contributed by atoms with Gasteiger partial charge in [0.2, 0.25) is 5.95 Å². The molecule has 14 heteroatoms. The van der Waals surface area contributed by atoms with Crippen LogP contribution in [0.25, 0.3) is 0 Å². The molecule has 0 aliphatic heterocycles. The third-order valence-corrected chi connectivity index (χ3v) is 3.89. The Hall–Kier alpha value is -3.60. The number of carbonyl (C=O) groups excluding carboxylic acids is 1. The molecule has 0 unspecified atom stereocenters. The zero-order chi connectivity index (χ0) is 23.4. The normalized spacial score (nSPS) is 11.4. The van der Waals surface area contributed by atoms with E-state index in [9.17, 15) is 28.1 Å². The van der Waals surface area contributed by atoms with E-state index in [1.54, 1.807) is 26.2 Å². The number of nitrogens with one attached hydrogen (secondary N) is 2. The van der Waals surface area contributed by atoms with Gasteiger partial charge in [-0.15, -0.1) is 0 Å². The third kappa shape index (κ3) is 6.71. The highest BCUT2D eigenvalue weighted by Gasteiger charge is 2.31. The Kier molecular flexibility index (Phi) is 6.91. The molecular formula is C17H15F3N6O4S. The van der Waals surface area contributed by atoms with Crippen molar-refractivity contribution in [2.45, 2.75) is 37.6 Å². The van der Waals surface area contributed by atoms with Gasteiger partial charge in [0.25, 0.3) is 0 Å². The van der Waals surface area contributed by atoms with E-state index in [2.05, 4.69) is 20.6 Å². The summed E-state index contributed by atoms with van der Waals surface area (Å²) in [5.74, 6) is -0.324. The van der Waals surface area contributed by atoms with Crippen LogP contribution >= 0.6 is 11.8 Å². The van der Waals surface area contributed by atoms with Crippen molar-refractivity contribution in [2.24, 2.45) is 0 Å². The molecule has 0 bridgehead atoms. The van der Waals surface area contributed by atoms with Gasteiger partial charge in [-0.2, -0.15) is 23.4 Å². The number of ether oxygens (including phenoxy) is 1. The van der Waals surface area contributed by atoms with E-state index in [0.29, 0.717) is 17.8 Å². The second-order valence-electron chi connectivity index (χ2n) is 6.84. The summed E-state index contributed by atoms with van der Waals surface area (Å²) in [5, 5.41) is 25.9. The average molecular weight is 456 g/mol. The average Bonchev–Trinajstić information content (AvgIpc) is 2.61. The Balaban J connectivity index is 2.45. The van der Waals surface area contributed by atoms with Gasteiger partial charge in [0.1, 0.15) is 17.2 Å². The summed E-state index contributed by atoms with van der Waals surface area (Å²) >= 11 is 0.387. The molecule has 1 aromatic carbocycles. The van der Waals surface area contributed by atoms with Gasteiger partial charge in [0, 0.05) is 11.8 Å². The topological polar surface area (TPSA) is 143 Å². The number of aromatic nitrogens is 2. The van der Waals surface area contributed by atoms with Gasteiger partial charge in [-0.1, -0.05) is 0 Å². The second-order valence-corrected chi connectivity index (χ2v) is 7.62. The van der Waals surface area contributed by atoms with Crippen molar-refractivity contribution in [1.29, 1.82) is 5.26 Å². The summed E-state index contributed by atoms with van der Waals surface area (Å²) < 4.78 is 44.5. The minimum atomic E-state index is -4.68. The van der Waals surface area contributed by atoms with Crippen molar-refractivity contribution in [1.82, 2.24) is 9.97 Å². The number of carbonyl (C=O) groups is 1. The van der Waals surface area contributed by atoms with E-state index >= 15 is 0 Å². The molecule has 0 aliphatic rings. The van der Waals surface area contributed by atoms with Gasteiger partial charge in [-0.05, 0) is 39.0 Å². The van der Waals surface area contributed by atoms with Gasteiger partial charge in [0.15, 0.2) is 5.03 Å². The predicted molar refractivity (Wildman–Crippen MR) is 105 cm³/mol. The van der Waals surface area contributed by atoms with Crippen LogP contribution in [0.5, 0.6) is 0 Å². The fourth-order valence-corrected chi connectivity index (χ4v) is 2.58. The molecule has 31 heavy (non-hydrogen) atoms. The summed E-state index contributed by atoms with van der Waals surface area (Å²) in [6.45, 7) is 4.83. The molecule has 2 aromatic rings. The Morgan fingerprint density at radius 2 is 1.97 bits per heavy atom. The number of thioether (sulfide) groups is 1. The lowest BCUT2D eigenvalue weighted by Crippen LogP contribution is -2.27. The number of thiocyanates is 1. The molecular weight excluding hydrogens is 441 g/mol. The maximum Gasteiger partial charge on any atom is 0.416 e. The Labute approximate surface area is 178 Å². The van der Waals surface area contributed by atoms with E-state index in [-0.39, 0.29) is 22.3 Å². The van der Waals surface area contributed by atoms with Crippen LogP contribution in [0.3, 0.4) is 0 Å². The van der Waals surface area contributed by atoms with Crippen LogP contribution in [0, 0.1) is 20.8 Å². The summed E-state index contributed by atoms with van der Waals surface area (Å²) in [4.78, 5) is 29.7. The van der Waals surface area contributed by atoms with Crippen molar-refractivity contribution in [2.75, 3.05) is 10.6 Å². The number of nitriles is 1. The number of hydrogen-bond donors (Lipinski definition) is 2. The smallest absolute Gasteiger partial charge is 0.416 e. The van der Waals surface area contributed by atoms with E-state index in [0.717, 1.165) is 18.3 Å². The first-order chi connectivity index (χ1) is 14.3. The molecule has 164 valence electrons. The number of amides is 1. The van der Waals surface area contributed by atoms with Crippen LogP contribution in [0.15, 0.2) is 29.4 Å². The zero-order valence-electron chi connectivity index (χ0n) is 16.3. The Morgan fingerprint density at radius 1 is 1.29 bits per heavy atom. The molecule has 2 N–H and O–H groups in total. The fourth-order valence-electron chi connectivity index (χ4n) is 2.13. The lowest BCUT2D eigenvalue weighted by Gasteiger charge is -2.21. The largest absolute Gasteiger partial charge is 0.444 e. The summed E-state index contributed by atoms with van der Waals surface area (Å²) in [6, 6.07) is 2.46. The highest BCUT2D eigenvalue weighted by Crippen LogP contribution is 2.35. The molecule has 10 nitrogen and oxygen atoms in total. The van der Waals surface area contributed by atoms with Gasteiger partial charge in [-0.25, -0.2) is 9.78 Å². The first-order valence-electron chi connectivity index (χ1n) is 8.36. The van der Waals surface area contributed by atoms with Crippen molar-refractivity contribution in [3.8, 4) is 5.40 Å². The third-order valence-electron chi connectivity index (χ3n) is 3.30. The number of rotatable bonds is 5. The number of anilines is 3. The van der Waals surface area contributed by atoms with Gasteiger partial charge in [-0.3, -0.25) is 15.4 Å². The molecule has 0 spiro atoms. The minimum Gasteiger partial charge on any atom is -0.444 e. The highest BCUT2D eigenvalue weighted by atomic mass is 32.2. The lowest BCUT2D eigenvalue weighted by molar-refractivity contribution is -0.388. The van der Waals surface area contributed by atoms with E-state index < -0.39 is 34.0 Å². The first kappa shape index (κ1) is 23.7. The molecule has 0 saturated carbocycles. The van der Waals surface area contributed by atoms with Gasteiger partial charge < -0.3 is 10.1 Å². The molecule has 0 atom stereocenters. The maximum atomic E-state index is 13.1. The maximum absolute atomic E-state index is 13.1. The van der Waals surface area contributed by atoms with Crippen molar-refractivity contribution in [3.05, 3.63) is 40.1 Å². The van der Waals surface area contributed by atoms with Crippen LogP contribution < -0.4 is 10.6 Å². The van der Waals surface area contributed by atoms with Gasteiger partial charge in [0.05, 0.1) is 21.9 Å². The minimum absolute atomic E-state index is 0.0845. The van der Waals surface area contributed by atoms with Crippen LogP contribution in [0.1, 0.15) is 26.3 Å². The number of benzene rings is 1. The van der Waals surface area contributed by atoms with Crippen molar-refractivity contribution in [3.63, 3.8) is 0 Å². The zero-order valence-corrected chi connectivity index (χ0v) is 17.1. The molecule has 0 fully saturated rings. The monoisotopic (exact) mass is 456 g/mol. The Morgan fingerprint density at radius 3 is 2.52 bits per heavy atom. The van der Waals surface area contributed by atoms with E-state index in [4.69, 9.17) is 10.00 Å². The number of alkyl halides is 3. The molecule has 0 saturated heterocycles. The van der Waals surface area contributed by atoms with Crippen LogP contribution in [0.2, 0.25) is 0 Å². The molecule has 1 aromatic heterocycles. The quantitative estimate of drug-likeness (QED) is 0.207. The number of nitro groups is 1. The molecule has 1 heterocycles. The summed E-state index contributed by atoms with van der Waals surface area (Å²) in [7, 11) is 0. The number of halogens is 3. The Bertz CT molecular complexity index is 1050. The summed E-state index contributed by atoms with van der Waals surface area (Å²) in [6.07, 6.45) is -4.79. The van der Waals surface area contributed by atoms with E-state index in [1.807, 2.05) is 0 Å². The van der Waals surface area contributed by atoms with Crippen LogP contribution in [-0.4, -0.2) is 26.6 Å². The highest BCUT2D eigenvalue weighted by molar-refractivity contribution is 8.03. The molecule has 0 aliphatic carbocycles. The SMILES string of the molecule is CC(C)(C)OC(=O)Nc1ccc(C(F)(F)F)cc1Nc1ncc([N+](=O)[O-])c(SC#N)n1. The number of hydrogen-bond acceptors (Lipinski definition) is 9. The van der Waals surface area contributed by atoms with E-state index in [1.165, 1.54) is 0 Å². The molecule has 1 amide bonds. The second kappa shape index (κ2) is 9.04. The first-order valence-corrected chi connectivity index (χ1v) is 9.17. The van der Waals surface area contributed by atoms with Crippen molar-refractivity contribution >= 4 is 40.9 Å². The lowest BCUT2D eigenvalue weighted by atomic mass is 10.1. The number of nitrogens with zero attached hydrogens (tertiary/aromatic N) is 4. The standard InChI is InChI=1S/C17H15F3N6O4S/c1-16(2,3)30-15(27)24-10-5-4-9(17(18,19)20)6-11(10)23-14-22-7-12(26(28)29)13(25-14)31-8-21/h4-7H,1-3H3,(H,24,27)(H,22,23,25). The summed E-state index contributed by atoms with van der Waals surface area (Å²) in [5.41, 5.74) is -2.76.